The number of nitrogens with zero attached hydrogens (tertiary/aromatic N) is 2. The second-order valence-electron chi connectivity index (χ2n) is 7.87. The number of hydrogen-bond donors (Lipinski definition) is 1. The van der Waals surface area contributed by atoms with Gasteiger partial charge in [0.15, 0.2) is 0 Å². The van der Waals surface area contributed by atoms with Gasteiger partial charge in [0, 0.05) is 43.5 Å². The van der Waals surface area contributed by atoms with Gasteiger partial charge in [0.1, 0.15) is 23.7 Å². The van der Waals surface area contributed by atoms with Crippen LogP contribution in [0.25, 0.3) is 11.0 Å². The maximum absolute atomic E-state index is 12.3. The predicted molar refractivity (Wildman–Crippen MR) is 115 cm³/mol. The molecule has 1 unspecified atom stereocenters. The number of carbonyl (C=O) groups is 2. The summed E-state index contributed by atoms with van der Waals surface area (Å²) in [5.74, 6) is 1.05. The lowest BCUT2D eigenvalue weighted by Crippen LogP contribution is -2.57. The van der Waals surface area contributed by atoms with Crippen LogP contribution >= 0.6 is 0 Å². The van der Waals surface area contributed by atoms with E-state index in [-0.39, 0.29) is 12.5 Å². The molecule has 1 aromatic heterocycles. The van der Waals surface area contributed by atoms with Gasteiger partial charge in [-0.25, -0.2) is 0 Å². The Morgan fingerprint density at radius 2 is 2.07 bits per heavy atom. The van der Waals surface area contributed by atoms with Crippen LogP contribution < -0.4 is 5.32 Å². The number of unbranched alkanes of at least 4 members (excludes halogenated alkanes) is 3. The molecule has 6 heteroatoms. The number of para-hydroxylation sites is 1. The SMILES string of the molecule is CCCCCCc1oc2ccccc2c1CN1CCN(C(=O)CNC)C(C=O)C1. The number of furan rings is 1. The highest BCUT2D eigenvalue weighted by molar-refractivity contribution is 5.83. The number of amides is 1. The van der Waals surface area contributed by atoms with Gasteiger partial charge in [-0.2, -0.15) is 0 Å². The predicted octanol–water partition coefficient (Wildman–Crippen LogP) is 2.99. The number of nitrogens with one attached hydrogen (secondary N) is 1. The van der Waals surface area contributed by atoms with Gasteiger partial charge in [-0.15, -0.1) is 0 Å². The number of rotatable bonds is 10. The van der Waals surface area contributed by atoms with Crippen LogP contribution in [0.15, 0.2) is 28.7 Å². The molecule has 0 saturated carbocycles. The Hall–Kier alpha value is -2.18. The molecule has 2 aromatic rings. The minimum absolute atomic E-state index is 0.0189. The monoisotopic (exact) mass is 399 g/mol. The zero-order valence-electron chi connectivity index (χ0n) is 17.7. The van der Waals surface area contributed by atoms with Crippen LogP contribution in [0.3, 0.4) is 0 Å². The van der Waals surface area contributed by atoms with Crippen molar-refractivity contribution in [1.82, 2.24) is 15.1 Å². The van der Waals surface area contributed by atoms with E-state index in [9.17, 15) is 9.59 Å². The molecule has 6 nitrogen and oxygen atoms in total. The van der Waals surface area contributed by atoms with Crippen molar-refractivity contribution >= 4 is 23.2 Å². The standard InChI is InChI=1S/C23H33N3O3/c1-3-4-5-6-10-22-20(19-9-7-8-11-21(19)29-22)16-25-12-13-26(18(15-25)17-27)23(28)14-24-2/h7-9,11,17-18,24H,3-6,10,12-16H2,1-2H3. The summed E-state index contributed by atoms with van der Waals surface area (Å²) in [6.45, 7) is 5.13. The van der Waals surface area contributed by atoms with Crippen molar-refractivity contribution in [3.63, 3.8) is 0 Å². The molecule has 0 aliphatic carbocycles. The first-order valence-electron chi connectivity index (χ1n) is 10.8. The number of fused-ring (bicyclic) bond motifs is 1. The van der Waals surface area contributed by atoms with Gasteiger partial charge < -0.3 is 19.4 Å². The molecule has 2 heterocycles. The van der Waals surface area contributed by atoms with Crippen LogP contribution in [0.2, 0.25) is 0 Å². The first kappa shape index (κ1) is 21.5. The fourth-order valence-corrected chi connectivity index (χ4v) is 4.15. The molecule has 1 N–H and O–H groups in total. The van der Waals surface area contributed by atoms with E-state index in [4.69, 9.17) is 4.42 Å². The van der Waals surface area contributed by atoms with Crippen molar-refractivity contribution in [1.29, 1.82) is 0 Å². The van der Waals surface area contributed by atoms with Gasteiger partial charge in [0.05, 0.1) is 6.54 Å². The van der Waals surface area contributed by atoms with Crippen LogP contribution in [-0.4, -0.2) is 61.3 Å². The lowest BCUT2D eigenvalue weighted by atomic mass is 10.0. The smallest absolute Gasteiger partial charge is 0.237 e. The van der Waals surface area contributed by atoms with E-state index in [1.165, 1.54) is 24.8 Å². The summed E-state index contributed by atoms with van der Waals surface area (Å²) in [5, 5.41) is 4.04. The molecule has 1 fully saturated rings. The lowest BCUT2D eigenvalue weighted by molar-refractivity contribution is -0.138. The summed E-state index contributed by atoms with van der Waals surface area (Å²) in [6.07, 6.45) is 6.66. The highest BCUT2D eigenvalue weighted by Gasteiger charge is 2.30. The molecule has 29 heavy (non-hydrogen) atoms. The van der Waals surface area contributed by atoms with Gasteiger partial charge in [0.2, 0.25) is 5.91 Å². The highest BCUT2D eigenvalue weighted by Crippen LogP contribution is 2.29. The lowest BCUT2D eigenvalue weighted by Gasteiger charge is -2.39. The average Bonchev–Trinajstić information content (AvgIpc) is 3.08. The van der Waals surface area contributed by atoms with Gasteiger partial charge in [-0.1, -0.05) is 44.4 Å². The van der Waals surface area contributed by atoms with E-state index in [2.05, 4.69) is 23.2 Å². The number of carbonyl (C=O) groups excluding carboxylic acids is 2. The van der Waals surface area contributed by atoms with Crippen LogP contribution in [0.1, 0.15) is 43.9 Å². The van der Waals surface area contributed by atoms with E-state index in [1.54, 1.807) is 11.9 Å². The number of hydrogen-bond acceptors (Lipinski definition) is 5. The first-order valence-corrected chi connectivity index (χ1v) is 10.8. The molecule has 158 valence electrons. The number of likely N-dealkylation sites (N-methyl/N-ethyl adjacent to an activating group) is 1. The molecular weight excluding hydrogens is 366 g/mol. The molecule has 3 rings (SSSR count). The Labute approximate surface area is 173 Å². The quantitative estimate of drug-likeness (QED) is 0.491. The third kappa shape index (κ3) is 5.25. The second kappa shape index (κ2) is 10.6. The van der Waals surface area contributed by atoms with Gasteiger partial charge in [-0.3, -0.25) is 9.69 Å². The van der Waals surface area contributed by atoms with Crippen molar-refractivity contribution in [2.75, 3.05) is 33.2 Å². The zero-order valence-corrected chi connectivity index (χ0v) is 17.7. The Bertz CT molecular complexity index is 817. The zero-order chi connectivity index (χ0) is 20.6. The van der Waals surface area contributed by atoms with Gasteiger partial charge >= 0.3 is 0 Å². The fourth-order valence-electron chi connectivity index (χ4n) is 4.15. The van der Waals surface area contributed by atoms with Gasteiger partial charge in [0.25, 0.3) is 0 Å². The molecular formula is C23H33N3O3. The number of piperazine rings is 1. The molecule has 0 bridgehead atoms. The second-order valence-corrected chi connectivity index (χ2v) is 7.87. The topological polar surface area (TPSA) is 65.8 Å². The number of benzene rings is 1. The van der Waals surface area contributed by atoms with Crippen LogP contribution in [-0.2, 0) is 22.6 Å². The van der Waals surface area contributed by atoms with E-state index < -0.39 is 6.04 Å². The first-order chi connectivity index (χ1) is 14.2. The molecule has 1 aliphatic heterocycles. The van der Waals surface area contributed by atoms with E-state index in [0.717, 1.165) is 48.9 Å². The van der Waals surface area contributed by atoms with Crippen molar-refractivity contribution < 1.29 is 14.0 Å². The van der Waals surface area contributed by atoms with Crippen molar-refractivity contribution in [3.05, 3.63) is 35.6 Å². The Balaban J connectivity index is 1.73. The normalized spacial score (nSPS) is 17.7. The third-order valence-electron chi connectivity index (χ3n) is 5.73. The maximum Gasteiger partial charge on any atom is 0.237 e. The highest BCUT2D eigenvalue weighted by atomic mass is 16.3. The maximum atomic E-state index is 12.3. The summed E-state index contributed by atoms with van der Waals surface area (Å²) >= 11 is 0. The van der Waals surface area contributed by atoms with E-state index in [0.29, 0.717) is 13.1 Å². The number of aldehydes is 1. The molecule has 1 atom stereocenters. The van der Waals surface area contributed by atoms with Crippen LogP contribution in [0, 0.1) is 0 Å². The third-order valence-corrected chi connectivity index (χ3v) is 5.73. The Morgan fingerprint density at radius 3 is 2.83 bits per heavy atom. The van der Waals surface area contributed by atoms with Gasteiger partial charge in [-0.05, 0) is 19.5 Å². The molecule has 1 amide bonds. The van der Waals surface area contributed by atoms with Crippen molar-refractivity contribution in [3.8, 4) is 0 Å². The molecule has 0 spiro atoms. The van der Waals surface area contributed by atoms with E-state index >= 15 is 0 Å². The van der Waals surface area contributed by atoms with Crippen LogP contribution in [0.4, 0.5) is 0 Å². The Morgan fingerprint density at radius 1 is 1.24 bits per heavy atom. The van der Waals surface area contributed by atoms with E-state index in [1.807, 2.05) is 18.2 Å². The summed E-state index contributed by atoms with van der Waals surface area (Å²) in [6, 6.07) is 7.80. The molecule has 1 aromatic carbocycles. The van der Waals surface area contributed by atoms with Crippen LogP contribution in [0.5, 0.6) is 0 Å². The largest absolute Gasteiger partial charge is 0.461 e. The fraction of sp³-hybridized carbons (Fsp3) is 0.565. The molecule has 1 aliphatic rings. The minimum atomic E-state index is -0.393. The summed E-state index contributed by atoms with van der Waals surface area (Å²) < 4.78 is 6.20. The number of aryl methyl sites for hydroxylation is 1. The summed E-state index contributed by atoms with van der Waals surface area (Å²) in [7, 11) is 1.75. The summed E-state index contributed by atoms with van der Waals surface area (Å²) in [5.41, 5.74) is 2.17. The average molecular weight is 400 g/mol. The minimum Gasteiger partial charge on any atom is -0.461 e. The Kier molecular flexibility index (Phi) is 7.83. The molecule has 0 radical (unpaired) electrons. The summed E-state index contributed by atoms with van der Waals surface area (Å²) in [4.78, 5) is 27.9. The molecule has 1 saturated heterocycles. The van der Waals surface area contributed by atoms with Crippen molar-refractivity contribution in [2.45, 2.75) is 51.6 Å². The van der Waals surface area contributed by atoms with Crippen molar-refractivity contribution in [2.24, 2.45) is 0 Å².